The molecule has 0 aliphatic carbocycles. The van der Waals surface area contributed by atoms with Crippen LogP contribution >= 0.6 is 0 Å². The number of benzene rings is 2. The number of halogens is 2. The number of nitrogen functional groups attached to an aromatic ring is 1. The number of rotatable bonds is 2. The highest BCUT2D eigenvalue weighted by molar-refractivity contribution is 5.96. The molecule has 0 atom stereocenters. The van der Waals surface area contributed by atoms with E-state index in [9.17, 15) is 13.6 Å². The van der Waals surface area contributed by atoms with E-state index in [0.717, 1.165) is 5.56 Å². The topological polar surface area (TPSA) is 46.3 Å². The molecule has 0 fully saturated rings. The Hall–Kier alpha value is -2.43. The first-order valence-electron chi connectivity index (χ1n) is 6.67. The number of fused-ring (bicyclic) bond motifs is 1. The summed E-state index contributed by atoms with van der Waals surface area (Å²) in [6.45, 7) is 0.254. The molecule has 0 radical (unpaired) electrons. The molecule has 0 bridgehead atoms. The third kappa shape index (κ3) is 2.59. The second-order valence-corrected chi connectivity index (χ2v) is 5.10. The number of amides is 1. The average molecular weight is 288 g/mol. The van der Waals surface area contributed by atoms with Crippen LogP contribution < -0.4 is 10.6 Å². The van der Waals surface area contributed by atoms with E-state index < -0.39 is 5.82 Å². The first-order chi connectivity index (χ1) is 10.0. The van der Waals surface area contributed by atoms with E-state index in [1.54, 1.807) is 17.0 Å². The molecule has 2 aromatic carbocycles. The number of anilines is 2. The van der Waals surface area contributed by atoms with E-state index in [4.69, 9.17) is 5.73 Å². The third-order valence-corrected chi connectivity index (χ3v) is 3.68. The molecule has 1 amide bonds. The fourth-order valence-corrected chi connectivity index (χ4v) is 2.58. The summed E-state index contributed by atoms with van der Waals surface area (Å²) >= 11 is 0. The Kier molecular flexibility index (Phi) is 3.33. The molecule has 3 nitrogen and oxygen atoms in total. The third-order valence-electron chi connectivity index (χ3n) is 3.68. The van der Waals surface area contributed by atoms with Crippen molar-refractivity contribution in [1.82, 2.24) is 0 Å². The molecule has 0 saturated heterocycles. The van der Waals surface area contributed by atoms with Crippen molar-refractivity contribution >= 4 is 17.3 Å². The van der Waals surface area contributed by atoms with Crippen LogP contribution in [0.2, 0.25) is 0 Å². The number of hydrogen-bond donors (Lipinski definition) is 1. The van der Waals surface area contributed by atoms with Crippen molar-refractivity contribution < 1.29 is 13.6 Å². The number of nitrogens with two attached hydrogens (primary N) is 1. The number of carbonyl (C=O) groups excluding carboxylic acids is 1. The quantitative estimate of drug-likeness (QED) is 0.863. The lowest BCUT2D eigenvalue weighted by Crippen LogP contribution is -2.34. The molecule has 1 heterocycles. The highest BCUT2D eigenvalue weighted by atomic mass is 19.1. The van der Waals surface area contributed by atoms with E-state index in [1.807, 2.05) is 0 Å². The summed E-state index contributed by atoms with van der Waals surface area (Å²) in [6, 6.07) is 8.49. The lowest BCUT2D eigenvalue weighted by molar-refractivity contribution is -0.119. The van der Waals surface area contributed by atoms with Crippen LogP contribution in [0.1, 0.15) is 17.5 Å². The fourth-order valence-electron chi connectivity index (χ4n) is 2.58. The van der Waals surface area contributed by atoms with Crippen molar-refractivity contribution in [3.63, 3.8) is 0 Å². The molecule has 1 aliphatic heterocycles. The molecule has 1 aliphatic rings. The molecule has 5 heteroatoms. The van der Waals surface area contributed by atoms with Crippen LogP contribution in [0, 0.1) is 11.6 Å². The van der Waals surface area contributed by atoms with Gasteiger partial charge in [-0.15, -0.1) is 0 Å². The maximum atomic E-state index is 13.3. The molecule has 0 unspecified atom stereocenters. The van der Waals surface area contributed by atoms with E-state index in [-0.39, 0.29) is 18.3 Å². The second-order valence-electron chi connectivity index (χ2n) is 5.10. The first-order valence-corrected chi connectivity index (χ1v) is 6.67. The Bertz CT molecular complexity index is 715. The van der Waals surface area contributed by atoms with Crippen LogP contribution in [0.3, 0.4) is 0 Å². The van der Waals surface area contributed by atoms with Crippen LogP contribution in [0.15, 0.2) is 36.4 Å². The summed E-state index contributed by atoms with van der Waals surface area (Å²) < 4.78 is 26.4. The predicted molar refractivity (Wildman–Crippen MR) is 76.7 cm³/mol. The van der Waals surface area contributed by atoms with E-state index >= 15 is 0 Å². The highest BCUT2D eigenvalue weighted by Crippen LogP contribution is 2.30. The van der Waals surface area contributed by atoms with Gasteiger partial charge in [0.05, 0.1) is 6.54 Å². The Morgan fingerprint density at radius 2 is 1.76 bits per heavy atom. The molecule has 21 heavy (non-hydrogen) atoms. The summed E-state index contributed by atoms with van der Waals surface area (Å²) in [6.07, 6.45) is 0.860. The maximum Gasteiger partial charge on any atom is 0.227 e. The van der Waals surface area contributed by atoms with Crippen molar-refractivity contribution in [2.75, 3.05) is 10.6 Å². The molecular weight excluding hydrogens is 274 g/mol. The summed E-state index contributed by atoms with van der Waals surface area (Å²) in [4.78, 5) is 13.7. The van der Waals surface area contributed by atoms with Crippen molar-refractivity contribution in [2.45, 2.75) is 19.4 Å². The van der Waals surface area contributed by atoms with Gasteiger partial charge in [-0.2, -0.15) is 0 Å². The normalized spacial score (nSPS) is 14.2. The molecule has 0 spiro atoms. The Morgan fingerprint density at radius 3 is 2.52 bits per heavy atom. The highest BCUT2D eigenvalue weighted by Gasteiger charge is 2.25. The minimum absolute atomic E-state index is 0.0437. The molecule has 3 rings (SSSR count). The molecular formula is C16H14F2N2O. The van der Waals surface area contributed by atoms with Gasteiger partial charge in [-0.3, -0.25) is 4.79 Å². The smallest absolute Gasteiger partial charge is 0.227 e. The van der Waals surface area contributed by atoms with Gasteiger partial charge < -0.3 is 10.6 Å². The van der Waals surface area contributed by atoms with Crippen molar-refractivity contribution in [1.29, 1.82) is 0 Å². The first kappa shape index (κ1) is 13.5. The summed E-state index contributed by atoms with van der Waals surface area (Å²) in [5, 5.41) is 0. The van der Waals surface area contributed by atoms with Crippen LogP contribution in [0.4, 0.5) is 20.2 Å². The minimum atomic E-state index is -0.413. The fraction of sp³-hybridized carbons (Fsp3) is 0.188. The lowest BCUT2D eigenvalue weighted by Gasteiger charge is -2.30. The zero-order valence-electron chi connectivity index (χ0n) is 11.3. The monoisotopic (exact) mass is 288 g/mol. The molecule has 108 valence electrons. The zero-order chi connectivity index (χ0) is 15.0. The minimum Gasteiger partial charge on any atom is -0.398 e. The molecule has 0 saturated carbocycles. The second kappa shape index (κ2) is 5.16. The van der Waals surface area contributed by atoms with Gasteiger partial charge in [0.15, 0.2) is 0 Å². The standard InChI is InChI=1S/C16H14F2N2O/c17-12-4-5-15-10(7-12)2-6-16(21)20(15)9-11-1-3-13(18)8-14(11)19/h1,3-5,7-8H,2,6,9,19H2. The van der Waals surface area contributed by atoms with Gasteiger partial charge in [-0.25, -0.2) is 8.78 Å². The summed E-state index contributed by atoms with van der Waals surface area (Å²) in [7, 11) is 0. The predicted octanol–water partition coefficient (Wildman–Crippen LogP) is 3.03. The van der Waals surface area contributed by atoms with Crippen molar-refractivity contribution in [3.05, 3.63) is 59.2 Å². The number of hydrogen-bond acceptors (Lipinski definition) is 2. The Morgan fingerprint density at radius 1 is 1.05 bits per heavy atom. The van der Waals surface area contributed by atoms with Crippen LogP contribution in [0.25, 0.3) is 0 Å². The van der Waals surface area contributed by atoms with E-state index in [2.05, 4.69) is 0 Å². The summed E-state index contributed by atoms with van der Waals surface area (Å²) in [5.74, 6) is -0.772. The van der Waals surface area contributed by atoms with Crippen LogP contribution in [-0.4, -0.2) is 5.91 Å². The SMILES string of the molecule is Nc1cc(F)ccc1CN1C(=O)CCc2cc(F)ccc21. The van der Waals surface area contributed by atoms with Crippen molar-refractivity contribution in [3.8, 4) is 0 Å². The largest absolute Gasteiger partial charge is 0.398 e. The number of carbonyl (C=O) groups is 1. The number of nitrogens with zero attached hydrogens (tertiary/aromatic N) is 1. The Labute approximate surface area is 121 Å². The van der Waals surface area contributed by atoms with Crippen LogP contribution in [-0.2, 0) is 17.8 Å². The summed E-state index contributed by atoms with van der Waals surface area (Å²) in [5.41, 5.74) is 8.25. The van der Waals surface area contributed by atoms with Gasteiger partial charge in [0.1, 0.15) is 11.6 Å². The van der Waals surface area contributed by atoms with Gasteiger partial charge in [-0.05, 0) is 47.9 Å². The van der Waals surface area contributed by atoms with E-state index in [0.29, 0.717) is 29.8 Å². The molecule has 2 aromatic rings. The maximum absolute atomic E-state index is 13.3. The molecule has 0 aromatic heterocycles. The Balaban J connectivity index is 1.96. The van der Waals surface area contributed by atoms with Gasteiger partial charge in [0, 0.05) is 17.8 Å². The number of aryl methyl sites for hydroxylation is 1. The van der Waals surface area contributed by atoms with Gasteiger partial charge in [0.2, 0.25) is 5.91 Å². The van der Waals surface area contributed by atoms with E-state index in [1.165, 1.54) is 24.3 Å². The van der Waals surface area contributed by atoms with Gasteiger partial charge in [-0.1, -0.05) is 6.07 Å². The average Bonchev–Trinajstić information content (AvgIpc) is 2.44. The van der Waals surface area contributed by atoms with Crippen molar-refractivity contribution in [2.24, 2.45) is 0 Å². The zero-order valence-corrected chi connectivity index (χ0v) is 11.3. The van der Waals surface area contributed by atoms with Gasteiger partial charge in [0.25, 0.3) is 0 Å². The lowest BCUT2D eigenvalue weighted by atomic mass is 10.00. The van der Waals surface area contributed by atoms with Gasteiger partial charge >= 0.3 is 0 Å². The van der Waals surface area contributed by atoms with Crippen LogP contribution in [0.5, 0.6) is 0 Å². The molecule has 2 N–H and O–H groups in total.